The second-order valence-corrected chi connectivity index (χ2v) is 7.57. The molecule has 0 bridgehead atoms. The third-order valence-electron chi connectivity index (χ3n) is 5.06. The molecule has 0 spiro atoms. The molecular formula is C22H32O6. The lowest BCUT2D eigenvalue weighted by Crippen LogP contribution is -2.36. The van der Waals surface area contributed by atoms with Crippen LogP contribution in [-0.4, -0.2) is 36.0 Å². The number of hydrogen-bond acceptors (Lipinski definition) is 6. The lowest BCUT2D eigenvalue weighted by Gasteiger charge is -2.33. The summed E-state index contributed by atoms with van der Waals surface area (Å²) in [5, 5.41) is 0. The first-order chi connectivity index (χ1) is 13.4. The fraction of sp³-hybridized carbons (Fsp3) is 0.682. The van der Waals surface area contributed by atoms with Crippen molar-refractivity contribution in [3.63, 3.8) is 0 Å². The van der Waals surface area contributed by atoms with Crippen LogP contribution >= 0.6 is 0 Å². The first-order valence-corrected chi connectivity index (χ1v) is 10.4. The summed E-state index contributed by atoms with van der Waals surface area (Å²) >= 11 is 0. The van der Waals surface area contributed by atoms with Gasteiger partial charge in [-0.1, -0.05) is 26.7 Å². The van der Waals surface area contributed by atoms with Crippen molar-refractivity contribution >= 4 is 17.5 Å². The number of hydrogen-bond donors (Lipinski definition) is 0. The molecule has 1 aliphatic carbocycles. The average Bonchev–Trinajstić information content (AvgIpc) is 2.90. The van der Waals surface area contributed by atoms with Crippen LogP contribution in [0, 0.1) is 0 Å². The van der Waals surface area contributed by atoms with Crippen LogP contribution in [0.5, 0.6) is 0 Å². The third kappa shape index (κ3) is 6.11. The highest BCUT2D eigenvalue weighted by Gasteiger charge is 2.45. The Balaban J connectivity index is 2.23. The molecule has 0 aromatic carbocycles. The molecule has 2 unspecified atom stereocenters. The van der Waals surface area contributed by atoms with Crippen molar-refractivity contribution < 1.29 is 28.6 Å². The van der Waals surface area contributed by atoms with Gasteiger partial charge in [-0.15, -0.1) is 0 Å². The van der Waals surface area contributed by atoms with E-state index < -0.39 is 17.9 Å². The number of rotatable bonds is 10. The summed E-state index contributed by atoms with van der Waals surface area (Å²) in [6.45, 7) is 6.16. The van der Waals surface area contributed by atoms with Crippen LogP contribution in [-0.2, 0) is 28.6 Å². The van der Waals surface area contributed by atoms with Gasteiger partial charge >= 0.3 is 5.97 Å². The Kier molecular flexibility index (Phi) is 8.58. The quantitative estimate of drug-likeness (QED) is 0.315. The molecule has 6 heteroatoms. The Hall–Kier alpha value is -1.79. The fourth-order valence-corrected chi connectivity index (χ4v) is 3.43. The highest BCUT2D eigenvalue weighted by molar-refractivity contribution is 6.01. The van der Waals surface area contributed by atoms with Crippen LogP contribution in [0.15, 0.2) is 23.5 Å². The summed E-state index contributed by atoms with van der Waals surface area (Å²) < 4.78 is 17.1. The second kappa shape index (κ2) is 10.7. The molecule has 0 aromatic heterocycles. The van der Waals surface area contributed by atoms with Gasteiger partial charge in [0.1, 0.15) is 5.60 Å². The first-order valence-electron chi connectivity index (χ1n) is 10.4. The van der Waals surface area contributed by atoms with Gasteiger partial charge in [0.15, 0.2) is 17.8 Å². The van der Waals surface area contributed by atoms with Gasteiger partial charge in [0.05, 0.1) is 0 Å². The Morgan fingerprint density at radius 1 is 1.25 bits per heavy atom. The number of allylic oxidation sites excluding steroid dienone is 2. The lowest BCUT2D eigenvalue weighted by molar-refractivity contribution is -0.207. The van der Waals surface area contributed by atoms with Crippen molar-refractivity contribution in [2.45, 2.75) is 90.4 Å². The Morgan fingerprint density at radius 2 is 2.04 bits per heavy atom. The van der Waals surface area contributed by atoms with Gasteiger partial charge in [0.2, 0.25) is 5.78 Å². The van der Waals surface area contributed by atoms with Gasteiger partial charge in [0.25, 0.3) is 0 Å². The van der Waals surface area contributed by atoms with Crippen molar-refractivity contribution in [1.82, 2.24) is 0 Å². The molecule has 1 saturated heterocycles. The SMILES string of the molecule is CCCCCC(=O)C=CC1=C(OC(=O)CC)C(=O)CC1(C)OC1CCCCO1. The molecule has 0 saturated carbocycles. The minimum Gasteiger partial charge on any atom is -0.422 e. The van der Waals surface area contributed by atoms with Gasteiger partial charge in [-0.2, -0.15) is 0 Å². The van der Waals surface area contributed by atoms with E-state index in [-0.39, 0.29) is 30.2 Å². The maximum Gasteiger partial charge on any atom is 0.311 e. The van der Waals surface area contributed by atoms with Gasteiger partial charge in [0, 0.05) is 31.4 Å². The van der Waals surface area contributed by atoms with E-state index in [1.165, 1.54) is 6.08 Å². The van der Waals surface area contributed by atoms with E-state index in [9.17, 15) is 14.4 Å². The maximum atomic E-state index is 12.6. The van der Waals surface area contributed by atoms with Crippen LogP contribution in [0.2, 0.25) is 0 Å². The molecular weight excluding hydrogens is 360 g/mol. The molecule has 0 N–H and O–H groups in total. The van der Waals surface area contributed by atoms with Crippen LogP contribution < -0.4 is 0 Å². The van der Waals surface area contributed by atoms with Crippen LogP contribution in [0.4, 0.5) is 0 Å². The summed E-state index contributed by atoms with van der Waals surface area (Å²) in [7, 11) is 0. The highest BCUT2D eigenvalue weighted by atomic mass is 16.7. The summed E-state index contributed by atoms with van der Waals surface area (Å²) in [6.07, 6.45) is 8.93. The largest absolute Gasteiger partial charge is 0.422 e. The third-order valence-corrected chi connectivity index (χ3v) is 5.06. The monoisotopic (exact) mass is 392 g/mol. The van der Waals surface area contributed by atoms with Crippen LogP contribution in [0.25, 0.3) is 0 Å². The summed E-state index contributed by atoms with van der Waals surface area (Å²) in [5.74, 6) is -0.805. The number of ketones is 2. The Labute approximate surface area is 167 Å². The Morgan fingerprint density at radius 3 is 2.68 bits per heavy atom. The molecule has 1 aliphatic heterocycles. The predicted octanol–water partition coefficient (Wildman–Crippen LogP) is 4.17. The van der Waals surface area contributed by atoms with E-state index in [0.717, 1.165) is 38.5 Å². The Bertz CT molecular complexity index is 641. The van der Waals surface area contributed by atoms with E-state index >= 15 is 0 Å². The van der Waals surface area contributed by atoms with Crippen LogP contribution in [0.3, 0.4) is 0 Å². The van der Waals surface area contributed by atoms with E-state index in [2.05, 4.69) is 6.92 Å². The summed E-state index contributed by atoms with van der Waals surface area (Å²) in [5.41, 5.74) is -0.542. The van der Waals surface area contributed by atoms with E-state index in [1.807, 2.05) is 0 Å². The molecule has 1 fully saturated rings. The van der Waals surface area contributed by atoms with Gasteiger partial charge < -0.3 is 14.2 Å². The van der Waals surface area contributed by atoms with Crippen molar-refractivity contribution in [2.24, 2.45) is 0 Å². The molecule has 2 atom stereocenters. The summed E-state index contributed by atoms with van der Waals surface area (Å²) in [6, 6.07) is 0. The smallest absolute Gasteiger partial charge is 0.311 e. The van der Waals surface area contributed by atoms with Crippen molar-refractivity contribution in [3.05, 3.63) is 23.5 Å². The second-order valence-electron chi connectivity index (χ2n) is 7.57. The zero-order valence-corrected chi connectivity index (χ0v) is 17.3. The molecule has 6 nitrogen and oxygen atoms in total. The van der Waals surface area contributed by atoms with Gasteiger partial charge in [-0.25, -0.2) is 0 Å². The molecule has 0 aromatic rings. The van der Waals surface area contributed by atoms with Crippen molar-refractivity contribution in [2.75, 3.05) is 6.61 Å². The number of carbonyl (C=O) groups excluding carboxylic acids is 3. The number of Topliss-reactive ketones (excluding diaryl/α,β-unsaturated/α-hetero) is 1. The molecule has 0 radical (unpaired) electrons. The standard InChI is InChI=1S/C22H32O6/c1-4-6-7-10-16(23)12-13-17-21(27-19(25)5-2)18(24)15-22(17,3)28-20-11-8-9-14-26-20/h12-13,20H,4-11,14-15H2,1-3H3. The zero-order valence-electron chi connectivity index (χ0n) is 17.3. The van der Waals surface area contributed by atoms with E-state index in [0.29, 0.717) is 18.6 Å². The minimum absolute atomic E-state index is 0.0113. The van der Waals surface area contributed by atoms with E-state index in [1.54, 1.807) is 19.9 Å². The molecule has 28 heavy (non-hydrogen) atoms. The highest BCUT2D eigenvalue weighted by Crippen LogP contribution is 2.40. The average molecular weight is 392 g/mol. The topological polar surface area (TPSA) is 78.9 Å². The molecule has 0 amide bonds. The molecule has 1 heterocycles. The zero-order chi connectivity index (χ0) is 20.6. The number of carbonyl (C=O) groups is 3. The predicted molar refractivity (Wildman–Crippen MR) is 104 cm³/mol. The fourth-order valence-electron chi connectivity index (χ4n) is 3.43. The molecule has 2 rings (SSSR count). The van der Waals surface area contributed by atoms with Gasteiger partial charge in [-0.05, 0) is 44.8 Å². The normalized spacial score (nSPS) is 25.5. The van der Waals surface area contributed by atoms with Gasteiger partial charge in [-0.3, -0.25) is 14.4 Å². The molecule has 2 aliphatic rings. The first kappa shape index (κ1) is 22.5. The van der Waals surface area contributed by atoms with E-state index in [4.69, 9.17) is 14.2 Å². The number of ether oxygens (including phenoxy) is 3. The maximum absolute atomic E-state index is 12.6. The van der Waals surface area contributed by atoms with Crippen molar-refractivity contribution in [1.29, 1.82) is 0 Å². The lowest BCUT2D eigenvalue weighted by atomic mass is 9.96. The number of unbranched alkanes of at least 4 members (excludes halogenated alkanes) is 2. The molecule has 156 valence electrons. The van der Waals surface area contributed by atoms with Crippen LogP contribution in [0.1, 0.15) is 78.6 Å². The summed E-state index contributed by atoms with van der Waals surface area (Å²) in [4.78, 5) is 36.6. The minimum atomic E-state index is -0.983. The number of esters is 1. The van der Waals surface area contributed by atoms with Crippen molar-refractivity contribution in [3.8, 4) is 0 Å².